The third-order valence-electron chi connectivity index (χ3n) is 4.48. The number of ether oxygens (including phenoxy) is 1. The van der Waals surface area contributed by atoms with Crippen LogP contribution in [0.25, 0.3) is 0 Å². The number of aliphatic imine (C=N–C) groups is 2. The molecular weight excluding hydrogens is 338 g/mol. The Balaban J connectivity index is 1.69. The summed E-state index contributed by atoms with van der Waals surface area (Å²) in [7, 11) is 3.86. The van der Waals surface area contributed by atoms with Gasteiger partial charge in [-0.1, -0.05) is 13.0 Å². The van der Waals surface area contributed by atoms with Crippen LogP contribution in [-0.2, 0) is 0 Å². The highest BCUT2D eigenvalue weighted by Gasteiger charge is 2.29. The zero-order valence-corrected chi connectivity index (χ0v) is 16.4. The summed E-state index contributed by atoms with van der Waals surface area (Å²) >= 11 is 0. The summed E-state index contributed by atoms with van der Waals surface area (Å²) in [5.41, 5.74) is 7.33. The Morgan fingerprint density at radius 1 is 1.26 bits per heavy atom. The first-order valence-corrected chi connectivity index (χ1v) is 9.24. The van der Waals surface area contributed by atoms with Crippen LogP contribution in [0.2, 0.25) is 0 Å². The number of fused-ring (bicyclic) bond motifs is 1. The van der Waals surface area contributed by atoms with Gasteiger partial charge >= 0.3 is 0 Å². The smallest absolute Gasteiger partial charge is 0.153 e. The van der Waals surface area contributed by atoms with Crippen LogP contribution in [0.1, 0.15) is 20.3 Å². The third kappa shape index (κ3) is 4.46. The van der Waals surface area contributed by atoms with Gasteiger partial charge < -0.3 is 15.1 Å². The molecule has 0 spiro atoms. The van der Waals surface area contributed by atoms with Gasteiger partial charge in [0.2, 0.25) is 0 Å². The number of allylic oxidation sites excluding steroid dienone is 3. The lowest BCUT2D eigenvalue weighted by molar-refractivity contribution is 0.317. The molecule has 1 aromatic carbocycles. The SMILES string of the molecule is CCCOc1ccc(NC2=NC=CC3C(/C(C)=C/N(C)NC)=CN=C23)cc1. The van der Waals surface area contributed by atoms with E-state index >= 15 is 0 Å². The molecule has 3 rings (SSSR count). The Labute approximate surface area is 161 Å². The second kappa shape index (κ2) is 8.68. The molecule has 0 saturated heterocycles. The van der Waals surface area contributed by atoms with Crippen molar-refractivity contribution in [3.63, 3.8) is 0 Å². The van der Waals surface area contributed by atoms with Crippen molar-refractivity contribution in [3.05, 3.63) is 60.1 Å². The van der Waals surface area contributed by atoms with Crippen LogP contribution in [0, 0.1) is 5.92 Å². The lowest BCUT2D eigenvalue weighted by Gasteiger charge is -2.21. The summed E-state index contributed by atoms with van der Waals surface area (Å²) in [4.78, 5) is 9.13. The molecule has 6 heteroatoms. The lowest BCUT2D eigenvalue weighted by atomic mass is 9.90. The molecule has 1 atom stereocenters. The fourth-order valence-corrected chi connectivity index (χ4v) is 2.98. The van der Waals surface area contributed by atoms with Crippen molar-refractivity contribution in [2.75, 3.05) is 26.0 Å². The Hall–Kier alpha value is -2.86. The van der Waals surface area contributed by atoms with Gasteiger partial charge in [0.15, 0.2) is 5.84 Å². The molecule has 0 aromatic heterocycles. The van der Waals surface area contributed by atoms with Gasteiger partial charge in [0.25, 0.3) is 0 Å². The zero-order valence-electron chi connectivity index (χ0n) is 16.4. The second-order valence-electron chi connectivity index (χ2n) is 6.54. The summed E-state index contributed by atoms with van der Waals surface area (Å²) in [6.45, 7) is 4.92. The molecule has 0 saturated carbocycles. The summed E-state index contributed by atoms with van der Waals surface area (Å²) < 4.78 is 5.63. The summed E-state index contributed by atoms with van der Waals surface area (Å²) in [5.74, 6) is 1.78. The van der Waals surface area contributed by atoms with Crippen molar-refractivity contribution < 1.29 is 4.74 Å². The van der Waals surface area contributed by atoms with Crippen LogP contribution in [0.15, 0.2) is 70.1 Å². The number of amidine groups is 1. The highest BCUT2D eigenvalue weighted by molar-refractivity contribution is 6.48. The maximum Gasteiger partial charge on any atom is 0.153 e. The topological polar surface area (TPSA) is 61.2 Å². The first kappa shape index (κ1) is 18.9. The zero-order chi connectivity index (χ0) is 19.2. The van der Waals surface area contributed by atoms with Crippen LogP contribution in [-0.4, -0.2) is 37.3 Å². The molecule has 0 radical (unpaired) electrons. The minimum Gasteiger partial charge on any atom is -0.494 e. The number of hydrogen-bond donors (Lipinski definition) is 2. The normalized spacial score (nSPS) is 18.4. The number of hydrogen-bond acceptors (Lipinski definition) is 6. The number of rotatable bonds is 7. The van der Waals surface area contributed by atoms with Gasteiger partial charge in [-0.3, -0.25) is 4.99 Å². The van der Waals surface area contributed by atoms with Crippen LogP contribution in [0.3, 0.4) is 0 Å². The highest BCUT2D eigenvalue weighted by atomic mass is 16.5. The van der Waals surface area contributed by atoms with E-state index in [0.717, 1.165) is 36.0 Å². The van der Waals surface area contributed by atoms with Crippen LogP contribution in [0.5, 0.6) is 5.75 Å². The van der Waals surface area contributed by atoms with Crippen molar-refractivity contribution in [3.8, 4) is 5.75 Å². The maximum absolute atomic E-state index is 5.63. The van der Waals surface area contributed by atoms with E-state index < -0.39 is 0 Å². The molecule has 142 valence electrons. The first-order valence-electron chi connectivity index (χ1n) is 9.24. The third-order valence-corrected chi connectivity index (χ3v) is 4.48. The van der Waals surface area contributed by atoms with Crippen molar-refractivity contribution in [2.45, 2.75) is 20.3 Å². The van der Waals surface area contributed by atoms with Crippen molar-refractivity contribution in [1.82, 2.24) is 10.4 Å². The van der Waals surface area contributed by atoms with E-state index in [1.54, 1.807) is 0 Å². The number of nitrogens with zero attached hydrogens (tertiary/aromatic N) is 3. The predicted octanol–water partition coefficient (Wildman–Crippen LogP) is 3.74. The van der Waals surface area contributed by atoms with E-state index in [2.05, 4.69) is 46.9 Å². The maximum atomic E-state index is 5.63. The molecule has 27 heavy (non-hydrogen) atoms. The molecule has 0 fully saturated rings. The first-order chi connectivity index (χ1) is 13.1. The molecule has 6 nitrogen and oxygen atoms in total. The molecule has 2 aliphatic heterocycles. The monoisotopic (exact) mass is 365 g/mol. The molecule has 2 aliphatic rings. The lowest BCUT2D eigenvalue weighted by Crippen LogP contribution is -2.30. The van der Waals surface area contributed by atoms with Gasteiger partial charge in [0.05, 0.1) is 18.2 Å². The quantitative estimate of drug-likeness (QED) is 0.723. The molecule has 2 heterocycles. The molecule has 1 aromatic rings. The van der Waals surface area contributed by atoms with Crippen LogP contribution >= 0.6 is 0 Å². The van der Waals surface area contributed by atoms with Gasteiger partial charge in [-0.25, -0.2) is 10.4 Å². The van der Waals surface area contributed by atoms with E-state index in [4.69, 9.17) is 4.74 Å². The number of nitrogens with one attached hydrogen (secondary N) is 2. The van der Waals surface area contributed by atoms with E-state index in [1.807, 2.05) is 55.8 Å². The van der Waals surface area contributed by atoms with Crippen LogP contribution < -0.4 is 15.5 Å². The Bertz CT molecular complexity index is 817. The van der Waals surface area contributed by atoms with Gasteiger partial charge in [-0.15, -0.1) is 0 Å². The standard InChI is InChI=1S/C21H27N5O/c1-5-12-27-17-8-6-16(7-9-17)25-21-20-18(10-11-23-21)19(13-24-20)15(2)14-26(4)22-3/h6-11,13-14,18,22H,5,12H2,1-4H3,(H,23,25)/b15-14+. The number of anilines is 1. The molecule has 0 bridgehead atoms. The second-order valence-corrected chi connectivity index (χ2v) is 6.54. The van der Waals surface area contributed by atoms with Gasteiger partial charge in [-0.2, -0.15) is 0 Å². The van der Waals surface area contributed by atoms with Crippen molar-refractivity contribution in [1.29, 1.82) is 0 Å². The van der Waals surface area contributed by atoms with Crippen molar-refractivity contribution >= 4 is 17.2 Å². The average molecular weight is 365 g/mol. The van der Waals surface area contributed by atoms with Gasteiger partial charge in [0.1, 0.15) is 5.75 Å². The Morgan fingerprint density at radius 3 is 2.74 bits per heavy atom. The van der Waals surface area contributed by atoms with E-state index in [-0.39, 0.29) is 5.92 Å². The van der Waals surface area contributed by atoms with Crippen molar-refractivity contribution in [2.24, 2.45) is 15.9 Å². The summed E-state index contributed by atoms with van der Waals surface area (Å²) in [5, 5.41) is 5.31. The summed E-state index contributed by atoms with van der Waals surface area (Å²) in [6.07, 6.45) is 8.92. The van der Waals surface area contributed by atoms with Gasteiger partial charge in [-0.05, 0) is 48.8 Å². The fraction of sp³-hybridized carbons (Fsp3) is 0.333. The fourth-order valence-electron chi connectivity index (χ4n) is 2.98. The molecule has 0 aliphatic carbocycles. The Morgan fingerprint density at radius 2 is 2.04 bits per heavy atom. The predicted molar refractivity (Wildman–Crippen MR) is 112 cm³/mol. The minimum atomic E-state index is 0.124. The van der Waals surface area contributed by atoms with E-state index in [1.165, 1.54) is 11.1 Å². The molecular formula is C21H27N5O. The Kier molecular flexibility index (Phi) is 6.08. The average Bonchev–Trinajstić information content (AvgIpc) is 3.12. The minimum absolute atomic E-state index is 0.124. The highest BCUT2D eigenvalue weighted by Crippen LogP contribution is 2.30. The molecule has 2 N–H and O–H groups in total. The molecule has 0 amide bonds. The van der Waals surface area contributed by atoms with Crippen LogP contribution in [0.4, 0.5) is 5.69 Å². The van der Waals surface area contributed by atoms with E-state index in [9.17, 15) is 0 Å². The number of hydrazine groups is 1. The summed E-state index contributed by atoms with van der Waals surface area (Å²) in [6, 6.07) is 7.93. The van der Waals surface area contributed by atoms with Gasteiger partial charge in [0, 0.05) is 38.4 Å². The number of benzene rings is 1. The molecule has 1 unspecified atom stereocenters. The van der Waals surface area contributed by atoms with E-state index in [0.29, 0.717) is 0 Å². The largest absolute Gasteiger partial charge is 0.494 e.